The molecule has 5 heteroatoms. The molecule has 0 aliphatic carbocycles. The molecule has 1 aliphatic rings. The molecule has 1 aliphatic heterocycles. The van der Waals surface area contributed by atoms with Gasteiger partial charge >= 0.3 is 0 Å². The van der Waals surface area contributed by atoms with Crippen molar-refractivity contribution in [3.63, 3.8) is 0 Å². The van der Waals surface area contributed by atoms with Crippen molar-refractivity contribution in [1.29, 1.82) is 0 Å². The Morgan fingerprint density at radius 1 is 1.28 bits per heavy atom. The van der Waals surface area contributed by atoms with Crippen LogP contribution in [0.25, 0.3) is 0 Å². The van der Waals surface area contributed by atoms with Crippen molar-refractivity contribution >= 4 is 15.9 Å². The fourth-order valence-corrected chi connectivity index (χ4v) is 2.59. The number of hydrogen-bond acceptors (Lipinski definition) is 4. The highest BCUT2D eigenvalue weighted by atomic mass is 79.9. The Kier molecular flexibility index (Phi) is 4.86. The van der Waals surface area contributed by atoms with Gasteiger partial charge in [-0.1, -0.05) is 15.9 Å². The average molecular weight is 317 g/mol. The number of ether oxygens (including phenoxy) is 4. The molecule has 100 valence electrons. The van der Waals surface area contributed by atoms with E-state index >= 15 is 0 Å². The van der Waals surface area contributed by atoms with Crippen molar-refractivity contribution in [2.75, 3.05) is 34.0 Å². The van der Waals surface area contributed by atoms with Crippen LogP contribution >= 0.6 is 15.9 Å². The summed E-state index contributed by atoms with van der Waals surface area (Å²) < 4.78 is 21.7. The SMILES string of the molecule is COc1ccc(OC)c(C(Br)C2COCCO2)c1. The van der Waals surface area contributed by atoms with Crippen molar-refractivity contribution in [2.45, 2.75) is 10.9 Å². The van der Waals surface area contributed by atoms with E-state index in [9.17, 15) is 0 Å². The zero-order valence-electron chi connectivity index (χ0n) is 10.5. The van der Waals surface area contributed by atoms with E-state index in [1.165, 1.54) is 0 Å². The van der Waals surface area contributed by atoms with Gasteiger partial charge < -0.3 is 18.9 Å². The van der Waals surface area contributed by atoms with Crippen LogP contribution in [-0.4, -0.2) is 40.1 Å². The molecule has 1 aromatic carbocycles. The van der Waals surface area contributed by atoms with Crippen LogP contribution in [0.3, 0.4) is 0 Å². The van der Waals surface area contributed by atoms with Crippen LogP contribution in [0.15, 0.2) is 18.2 Å². The summed E-state index contributed by atoms with van der Waals surface area (Å²) >= 11 is 3.66. The Morgan fingerprint density at radius 3 is 2.72 bits per heavy atom. The highest BCUT2D eigenvalue weighted by Crippen LogP contribution is 2.37. The summed E-state index contributed by atoms with van der Waals surface area (Å²) in [4.78, 5) is 0.0165. The molecular formula is C13H17BrO4. The largest absolute Gasteiger partial charge is 0.497 e. The van der Waals surface area contributed by atoms with E-state index in [1.807, 2.05) is 18.2 Å². The first-order valence-corrected chi connectivity index (χ1v) is 6.73. The highest BCUT2D eigenvalue weighted by Gasteiger charge is 2.27. The number of methoxy groups -OCH3 is 2. The standard InChI is InChI=1S/C13H17BrO4/c1-15-9-3-4-11(16-2)10(7-9)13(14)12-8-17-5-6-18-12/h3-4,7,12-13H,5-6,8H2,1-2H3. The molecule has 2 atom stereocenters. The third kappa shape index (κ3) is 2.96. The van der Waals surface area contributed by atoms with Gasteiger partial charge in [-0.15, -0.1) is 0 Å². The fraction of sp³-hybridized carbons (Fsp3) is 0.538. The van der Waals surface area contributed by atoms with Crippen molar-refractivity contribution in [3.05, 3.63) is 23.8 Å². The molecule has 0 N–H and O–H groups in total. The Balaban J connectivity index is 2.23. The van der Waals surface area contributed by atoms with E-state index in [0.29, 0.717) is 19.8 Å². The Hall–Kier alpha value is -0.780. The van der Waals surface area contributed by atoms with Crippen LogP contribution in [0.2, 0.25) is 0 Å². The maximum atomic E-state index is 5.70. The number of hydrogen-bond donors (Lipinski definition) is 0. The van der Waals surface area contributed by atoms with Gasteiger partial charge in [0.05, 0.1) is 45.0 Å². The second-order valence-electron chi connectivity index (χ2n) is 3.99. The van der Waals surface area contributed by atoms with Gasteiger partial charge in [-0.05, 0) is 18.2 Å². The average Bonchev–Trinajstić information content (AvgIpc) is 2.46. The second-order valence-corrected chi connectivity index (χ2v) is 4.98. The van der Waals surface area contributed by atoms with Gasteiger partial charge in [0.15, 0.2) is 0 Å². The van der Waals surface area contributed by atoms with Crippen LogP contribution in [0.4, 0.5) is 0 Å². The Morgan fingerprint density at radius 2 is 2.11 bits per heavy atom. The molecule has 1 saturated heterocycles. The minimum Gasteiger partial charge on any atom is -0.497 e. The van der Waals surface area contributed by atoms with Crippen LogP contribution in [-0.2, 0) is 9.47 Å². The predicted molar refractivity (Wildman–Crippen MR) is 71.8 cm³/mol. The molecule has 0 radical (unpaired) electrons. The molecular weight excluding hydrogens is 300 g/mol. The molecule has 4 nitrogen and oxygen atoms in total. The lowest BCUT2D eigenvalue weighted by molar-refractivity contribution is -0.0877. The van der Waals surface area contributed by atoms with Gasteiger partial charge in [-0.25, -0.2) is 0 Å². The smallest absolute Gasteiger partial charge is 0.123 e. The van der Waals surface area contributed by atoms with Crippen molar-refractivity contribution in [3.8, 4) is 11.5 Å². The van der Waals surface area contributed by atoms with Crippen molar-refractivity contribution in [2.24, 2.45) is 0 Å². The zero-order valence-corrected chi connectivity index (χ0v) is 12.1. The van der Waals surface area contributed by atoms with E-state index < -0.39 is 0 Å². The minimum atomic E-state index is -0.0141. The zero-order chi connectivity index (χ0) is 13.0. The first-order chi connectivity index (χ1) is 8.76. The van der Waals surface area contributed by atoms with Crippen LogP contribution in [0.5, 0.6) is 11.5 Å². The van der Waals surface area contributed by atoms with Crippen LogP contribution in [0.1, 0.15) is 10.4 Å². The second kappa shape index (κ2) is 6.41. The van der Waals surface area contributed by atoms with Gasteiger partial charge in [0, 0.05) is 5.56 Å². The molecule has 2 unspecified atom stereocenters. The molecule has 0 aromatic heterocycles. The number of halogens is 1. The third-order valence-electron chi connectivity index (χ3n) is 2.90. The molecule has 1 heterocycles. The summed E-state index contributed by atoms with van der Waals surface area (Å²) in [5.74, 6) is 1.61. The topological polar surface area (TPSA) is 36.9 Å². The molecule has 2 rings (SSSR count). The lowest BCUT2D eigenvalue weighted by atomic mass is 10.1. The summed E-state index contributed by atoms with van der Waals surface area (Å²) in [6.45, 7) is 1.86. The normalized spacial score (nSPS) is 21.4. The summed E-state index contributed by atoms with van der Waals surface area (Å²) in [5, 5.41) is 0. The first-order valence-electron chi connectivity index (χ1n) is 5.81. The minimum absolute atomic E-state index is 0.0141. The van der Waals surface area contributed by atoms with E-state index in [2.05, 4.69) is 15.9 Å². The predicted octanol–water partition coefficient (Wildman–Crippen LogP) is 2.56. The molecule has 0 saturated carbocycles. The van der Waals surface area contributed by atoms with Gasteiger partial charge in [0.25, 0.3) is 0 Å². The van der Waals surface area contributed by atoms with Crippen molar-refractivity contribution in [1.82, 2.24) is 0 Å². The molecule has 0 spiro atoms. The first kappa shape index (κ1) is 13.6. The van der Waals surface area contributed by atoms with Crippen LogP contribution < -0.4 is 9.47 Å². The maximum absolute atomic E-state index is 5.70. The van der Waals surface area contributed by atoms with E-state index in [-0.39, 0.29) is 10.9 Å². The summed E-state index contributed by atoms with van der Waals surface area (Å²) in [5.41, 5.74) is 1.01. The summed E-state index contributed by atoms with van der Waals surface area (Å²) in [6, 6.07) is 5.72. The quantitative estimate of drug-likeness (QED) is 0.800. The molecule has 1 aromatic rings. The monoisotopic (exact) mass is 316 g/mol. The van der Waals surface area contributed by atoms with Crippen LogP contribution in [0, 0.1) is 0 Å². The third-order valence-corrected chi connectivity index (χ3v) is 3.99. The molecule has 0 amide bonds. The lowest BCUT2D eigenvalue weighted by Gasteiger charge is -2.28. The summed E-state index contributed by atoms with van der Waals surface area (Å²) in [7, 11) is 3.30. The Bertz CT molecular complexity index is 391. The highest BCUT2D eigenvalue weighted by molar-refractivity contribution is 9.09. The lowest BCUT2D eigenvalue weighted by Crippen LogP contribution is -2.31. The van der Waals surface area contributed by atoms with Gasteiger partial charge in [-0.3, -0.25) is 0 Å². The Labute approximate surface area is 115 Å². The van der Waals surface area contributed by atoms with E-state index in [4.69, 9.17) is 18.9 Å². The van der Waals surface area contributed by atoms with E-state index in [0.717, 1.165) is 17.1 Å². The number of rotatable bonds is 4. The van der Waals surface area contributed by atoms with Gasteiger partial charge in [0.2, 0.25) is 0 Å². The van der Waals surface area contributed by atoms with Gasteiger partial charge in [-0.2, -0.15) is 0 Å². The summed E-state index contributed by atoms with van der Waals surface area (Å²) in [6.07, 6.45) is -0.0141. The molecule has 18 heavy (non-hydrogen) atoms. The van der Waals surface area contributed by atoms with Crippen molar-refractivity contribution < 1.29 is 18.9 Å². The fourth-order valence-electron chi connectivity index (χ4n) is 1.93. The van der Waals surface area contributed by atoms with Gasteiger partial charge in [0.1, 0.15) is 11.5 Å². The van der Waals surface area contributed by atoms with E-state index in [1.54, 1.807) is 14.2 Å². The number of benzene rings is 1. The maximum Gasteiger partial charge on any atom is 0.123 e. The number of alkyl halides is 1. The molecule has 1 fully saturated rings. The molecule has 0 bridgehead atoms.